The maximum absolute atomic E-state index is 12.3. The lowest BCUT2D eigenvalue weighted by molar-refractivity contribution is -0.148. The van der Waals surface area contributed by atoms with Gasteiger partial charge >= 0.3 is 5.97 Å². The SMILES string of the molecule is CC[C@@H](C)[C@H](O)[C@H](C)[C@@H](CC=CC=CC(N)=O)OC(=O)C=Cc1ccccc1. The molecule has 3 N–H and O–H groups in total. The first-order chi connectivity index (χ1) is 13.3. The molecule has 152 valence electrons. The summed E-state index contributed by atoms with van der Waals surface area (Å²) >= 11 is 0. The number of carbonyl (C=O) groups is 2. The minimum Gasteiger partial charge on any atom is -0.458 e. The van der Waals surface area contributed by atoms with E-state index in [4.69, 9.17) is 10.5 Å². The van der Waals surface area contributed by atoms with Crippen LogP contribution in [0, 0.1) is 11.8 Å². The van der Waals surface area contributed by atoms with Crippen LogP contribution in [0.2, 0.25) is 0 Å². The number of hydrogen-bond acceptors (Lipinski definition) is 4. The van der Waals surface area contributed by atoms with Gasteiger partial charge in [0.15, 0.2) is 0 Å². The molecule has 1 amide bonds. The fourth-order valence-electron chi connectivity index (χ4n) is 2.71. The maximum Gasteiger partial charge on any atom is 0.331 e. The number of ether oxygens (including phenoxy) is 1. The number of carbonyl (C=O) groups excluding carboxylic acids is 2. The molecular weight excluding hydrogens is 354 g/mol. The van der Waals surface area contributed by atoms with Crippen molar-refractivity contribution < 1.29 is 19.4 Å². The number of aliphatic hydroxyl groups is 1. The number of benzene rings is 1. The van der Waals surface area contributed by atoms with Crippen molar-refractivity contribution in [3.05, 3.63) is 66.3 Å². The second-order valence-corrected chi connectivity index (χ2v) is 6.88. The Morgan fingerprint density at radius 1 is 1.14 bits per heavy atom. The molecule has 0 heterocycles. The first-order valence-electron chi connectivity index (χ1n) is 9.59. The third-order valence-corrected chi connectivity index (χ3v) is 4.71. The van der Waals surface area contributed by atoms with E-state index in [9.17, 15) is 14.7 Å². The Morgan fingerprint density at radius 3 is 2.43 bits per heavy atom. The highest BCUT2D eigenvalue weighted by Crippen LogP contribution is 2.23. The molecule has 0 aliphatic rings. The van der Waals surface area contributed by atoms with Crippen LogP contribution in [0.4, 0.5) is 0 Å². The summed E-state index contributed by atoms with van der Waals surface area (Å²) < 4.78 is 5.62. The molecule has 1 aromatic carbocycles. The zero-order chi connectivity index (χ0) is 20.9. The van der Waals surface area contributed by atoms with Gasteiger partial charge in [-0.05, 0) is 17.6 Å². The van der Waals surface area contributed by atoms with Crippen molar-refractivity contribution in [1.82, 2.24) is 0 Å². The molecule has 1 aromatic rings. The Labute approximate surface area is 167 Å². The van der Waals surface area contributed by atoms with Crippen LogP contribution in [0.1, 0.15) is 39.2 Å². The van der Waals surface area contributed by atoms with E-state index in [0.717, 1.165) is 12.0 Å². The fourth-order valence-corrected chi connectivity index (χ4v) is 2.71. The molecule has 0 radical (unpaired) electrons. The minimum atomic E-state index is -0.588. The summed E-state index contributed by atoms with van der Waals surface area (Å²) in [4.78, 5) is 23.0. The second kappa shape index (κ2) is 12.7. The van der Waals surface area contributed by atoms with E-state index < -0.39 is 24.1 Å². The van der Waals surface area contributed by atoms with Crippen LogP contribution in [0.25, 0.3) is 6.08 Å². The topological polar surface area (TPSA) is 89.6 Å². The van der Waals surface area contributed by atoms with E-state index in [1.165, 1.54) is 18.2 Å². The molecule has 0 bridgehead atoms. The molecule has 0 fully saturated rings. The van der Waals surface area contributed by atoms with Gasteiger partial charge in [0.2, 0.25) is 5.91 Å². The lowest BCUT2D eigenvalue weighted by Crippen LogP contribution is -2.36. The number of aliphatic hydroxyl groups excluding tert-OH is 1. The van der Waals surface area contributed by atoms with E-state index in [1.807, 2.05) is 51.1 Å². The zero-order valence-corrected chi connectivity index (χ0v) is 16.8. The van der Waals surface area contributed by atoms with Crippen LogP contribution in [0.5, 0.6) is 0 Å². The molecule has 0 aliphatic carbocycles. The summed E-state index contributed by atoms with van der Waals surface area (Å²) in [7, 11) is 0. The summed E-state index contributed by atoms with van der Waals surface area (Å²) in [5.41, 5.74) is 5.95. The van der Waals surface area contributed by atoms with E-state index >= 15 is 0 Å². The van der Waals surface area contributed by atoms with Gasteiger partial charge in [-0.3, -0.25) is 4.79 Å². The zero-order valence-electron chi connectivity index (χ0n) is 16.8. The number of rotatable bonds is 11. The highest BCUT2D eigenvalue weighted by Gasteiger charge is 2.29. The molecule has 5 heteroatoms. The van der Waals surface area contributed by atoms with Gasteiger partial charge in [-0.1, -0.05) is 75.8 Å². The number of allylic oxidation sites excluding steroid dienone is 2. The Hall–Kier alpha value is -2.66. The molecule has 0 spiro atoms. The molecule has 0 unspecified atom stereocenters. The molecular formula is C23H31NO4. The third-order valence-electron chi connectivity index (χ3n) is 4.71. The Morgan fingerprint density at radius 2 is 1.82 bits per heavy atom. The van der Waals surface area contributed by atoms with Crippen molar-refractivity contribution in [1.29, 1.82) is 0 Å². The Balaban J connectivity index is 2.81. The first-order valence-corrected chi connectivity index (χ1v) is 9.59. The lowest BCUT2D eigenvalue weighted by atomic mass is 9.86. The van der Waals surface area contributed by atoms with Crippen molar-refractivity contribution in [3.63, 3.8) is 0 Å². The second-order valence-electron chi connectivity index (χ2n) is 6.88. The number of hydrogen-bond donors (Lipinski definition) is 2. The van der Waals surface area contributed by atoms with Crippen molar-refractivity contribution in [2.24, 2.45) is 17.6 Å². The van der Waals surface area contributed by atoms with E-state index in [1.54, 1.807) is 18.2 Å². The Kier molecular flexibility index (Phi) is 10.6. The van der Waals surface area contributed by atoms with Gasteiger partial charge in [0.05, 0.1) is 6.10 Å². The molecule has 1 rings (SSSR count). The third kappa shape index (κ3) is 8.82. The highest BCUT2D eigenvalue weighted by molar-refractivity contribution is 5.87. The molecule has 0 aromatic heterocycles. The standard InChI is InChI=1S/C23H31NO4/c1-4-17(2)23(27)18(3)20(13-9-6-10-14-21(24)25)28-22(26)16-15-19-11-7-5-8-12-19/h5-12,14-18,20,23,27H,4,13H2,1-3H3,(H2,24,25)/t17-,18-,20-,23+/m1/s1. The van der Waals surface area contributed by atoms with Crippen molar-refractivity contribution in [2.75, 3.05) is 0 Å². The predicted octanol–water partition coefficient (Wildman–Crippen LogP) is 3.64. The van der Waals surface area contributed by atoms with E-state index in [2.05, 4.69) is 0 Å². The predicted molar refractivity (Wildman–Crippen MR) is 112 cm³/mol. The van der Waals surface area contributed by atoms with Crippen molar-refractivity contribution in [3.8, 4) is 0 Å². The van der Waals surface area contributed by atoms with Gasteiger partial charge in [-0.25, -0.2) is 4.79 Å². The number of nitrogens with two attached hydrogens (primary N) is 1. The van der Waals surface area contributed by atoms with Crippen LogP contribution >= 0.6 is 0 Å². The molecule has 5 nitrogen and oxygen atoms in total. The lowest BCUT2D eigenvalue weighted by Gasteiger charge is -2.30. The monoisotopic (exact) mass is 385 g/mol. The van der Waals surface area contributed by atoms with Gasteiger partial charge in [-0.15, -0.1) is 0 Å². The van der Waals surface area contributed by atoms with Crippen LogP contribution in [0.15, 0.2) is 60.7 Å². The summed E-state index contributed by atoms with van der Waals surface area (Å²) in [6, 6.07) is 9.48. The average Bonchev–Trinajstić information content (AvgIpc) is 2.69. The summed E-state index contributed by atoms with van der Waals surface area (Å²) in [5.74, 6) is -1.14. The summed E-state index contributed by atoms with van der Waals surface area (Å²) in [6.45, 7) is 5.86. The van der Waals surface area contributed by atoms with Crippen molar-refractivity contribution in [2.45, 2.75) is 45.8 Å². The molecule has 4 atom stereocenters. The first kappa shape index (κ1) is 23.4. The summed E-state index contributed by atoms with van der Waals surface area (Å²) in [6.07, 6.45) is 9.50. The Bertz CT molecular complexity index is 694. The van der Waals surface area contributed by atoms with Crippen LogP contribution in [0.3, 0.4) is 0 Å². The van der Waals surface area contributed by atoms with Crippen LogP contribution < -0.4 is 5.73 Å². The van der Waals surface area contributed by atoms with Gasteiger partial charge < -0.3 is 15.6 Å². The fraction of sp³-hybridized carbons (Fsp3) is 0.391. The highest BCUT2D eigenvalue weighted by atomic mass is 16.5. The van der Waals surface area contributed by atoms with Gasteiger partial charge in [-0.2, -0.15) is 0 Å². The molecule has 0 saturated carbocycles. The van der Waals surface area contributed by atoms with Crippen molar-refractivity contribution >= 4 is 18.0 Å². The molecule has 28 heavy (non-hydrogen) atoms. The number of amides is 1. The van der Waals surface area contributed by atoms with Gasteiger partial charge in [0, 0.05) is 24.5 Å². The smallest absolute Gasteiger partial charge is 0.331 e. The van der Waals surface area contributed by atoms with Crippen LogP contribution in [-0.2, 0) is 14.3 Å². The molecule has 0 aliphatic heterocycles. The van der Waals surface area contributed by atoms with Gasteiger partial charge in [0.1, 0.15) is 6.10 Å². The van der Waals surface area contributed by atoms with Crippen LogP contribution in [-0.4, -0.2) is 29.2 Å². The summed E-state index contributed by atoms with van der Waals surface area (Å²) in [5, 5.41) is 10.5. The minimum absolute atomic E-state index is 0.0924. The average molecular weight is 386 g/mol. The van der Waals surface area contributed by atoms with Gasteiger partial charge in [0.25, 0.3) is 0 Å². The normalized spacial score (nSPS) is 16.3. The number of primary amides is 1. The quantitative estimate of drug-likeness (QED) is 0.346. The largest absolute Gasteiger partial charge is 0.458 e. The van der Waals surface area contributed by atoms with E-state index in [0.29, 0.717) is 6.42 Å². The number of esters is 1. The molecule has 0 saturated heterocycles. The maximum atomic E-state index is 12.3. The van der Waals surface area contributed by atoms with E-state index in [-0.39, 0.29) is 11.8 Å².